The predicted octanol–water partition coefficient (Wildman–Crippen LogP) is 3.65. The zero-order chi connectivity index (χ0) is 16.2. The Kier molecular flexibility index (Phi) is 6.45. The van der Waals surface area contributed by atoms with Crippen LogP contribution in [0.4, 0.5) is 4.79 Å². The molecule has 0 spiro atoms. The molecular weight excluding hydrogens is 296 g/mol. The van der Waals surface area contributed by atoms with Gasteiger partial charge in [-0.2, -0.15) is 11.8 Å². The summed E-state index contributed by atoms with van der Waals surface area (Å²) in [6, 6.07) is 0.976. The molecule has 0 aromatic rings. The monoisotopic (exact) mass is 328 g/mol. The molecule has 4 nitrogen and oxygen atoms in total. The van der Waals surface area contributed by atoms with E-state index < -0.39 is 5.60 Å². The molecule has 22 heavy (non-hydrogen) atoms. The minimum absolute atomic E-state index is 0.142. The highest BCUT2D eigenvalue weighted by Crippen LogP contribution is 2.26. The Bertz CT molecular complexity index is 370. The van der Waals surface area contributed by atoms with Gasteiger partial charge in [0.25, 0.3) is 0 Å². The van der Waals surface area contributed by atoms with E-state index in [-0.39, 0.29) is 6.09 Å². The second-order valence-corrected chi connectivity index (χ2v) is 9.02. The van der Waals surface area contributed by atoms with Gasteiger partial charge in [0, 0.05) is 23.9 Å². The first-order chi connectivity index (χ1) is 10.4. The smallest absolute Gasteiger partial charge is 0.410 e. The van der Waals surface area contributed by atoms with Crippen LogP contribution in [-0.4, -0.2) is 52.8 Å². The summed E-state index contributed by atoms with van der Waals surface area (Å²) in [6.45, 7) is 9.96. The summed E-state index contributed by atoms with van der Waals surface area (Å²) in [7, 11) is 0. The Balaban J connectivity index is 1.75. The van der Waals surface area contributed by atoms with Crippen molar-refractivity contribution in [2.45, 2.75) is 82.7 Å². The van der Waals surface area contributed by atoms with Crippen molar-refractivity contribution >= 4 is 17.9 Å². The lowest BCUT2D eigenvalue weighted by molar-refractivity contribution is 0.0220. The number of thioether (sulfide) groups is 1. The number of rotatable bonds is 4. The zero-order valence-electron chi connectivity index (χ0n) is 14.6. The summed E-state index contributed by atoms with van der Waals surface area (Å²) in [5, 5.41) is 4.41. The molecule has 0 aromatic heterocycles. The third-order valence-corrected chi connectivity index (χ3v) is 5.87. The van der Waals surface area contributed by atoms with E-state index in [9.17, 15) is 4.79 Å². The number of carbonyl (C=O) groups is 1. The topological polar surface area (TPSA) is 41.6 Å². The fraction of sp³-hybridized carbons (Fsp3) is 0.941. The van der Waals surface area contributed by atoms with Crippen LogP contribution in [0.2, 0.25) is 0 Å². The molecule has 3 unspecified atom stereocenters. The second-order valence-electron chi connectivity index (χ2n) is 7.54. The van der Waals surface area contributed by atoms with Gasteiger partial charge in [-0.05, 0) is 65.2 Å². The summed E-state index contributed by atoms with van der Waals surface area (Å²) >= 11 is 2.07. The Morgan fingerprint density at radius 2 is 2.09 bits per heavy atom. The van der Waals surface area contributed by atoms with Crippen molar-refractivity contribution in [1.82, 2.24) is 10.2 Å². The zero-order valence-corrected chi connectivity index (χ0v) is 15.4. The summed E-state index contributed by atoms with van der Waals surface area (Å²) < 4.78 is 5.53. The quantitative estimate of drug-likeness (QED) is 0.855. The van der Waals surface area contributed by atoms with Gasteiger partial charge < -0.3 is 15.0 Å². The molecule has 0 aromatic carbocycles. The van der Waals surface area contributed by atoms with E-state index >= 15 is 0 Å². The van der Waals surface area contributed by atoms with Gasteiger partial charge in [0.15, 0.2) is 0 Å². The molecule has 128 valence electrons. The fourth-order valence-corrected chi connectivity index (χ4v) is 4.49. The molecule has 2 aliphatic heterocycles. The molecule has 1 N–H and O–H groups in total. The van der Waals surface area contributed by atoms with E-state index in [1.54, 1.807) is 0 Å². The second kappa shape index (κ2) is 7.91. The van der Waals surface area contributed by atoms with E-state index in [1.807, 2.05) is 25.7 Å². The van der Waals surface area contributed by atoms with Gasteiger partial charge in [0.2, 0.25) is 0 Å². The van der Waals surface area contributed by atoms with Crippen LogP contribution in [0.1, 0.15) is 59.8 Å². The van der Waals surface area contributed by atoms with Crippen LogP contribution < -0.4 is 5.32 Å². The lowest BCUT2D eigenvalue weighted by Gasteiger charge is -2.31. The number of carbonyl (C=O) groups excluding carboxylic acids is 1. The molecule has 0 saturated carbocycles. The van der Waals surface area contributed by atoms with Gasteiger partial charge in [0.1, 0.15) is 5.60 Å². The molecule has 3 atom stereocenters. The Morgan fingerprint density at radius 1 is 1.32 bits per heavy atom. The van der Waals surface area contributed by atoms with Crippen LogP contribution in [0.15, 0.2) is 0 Å². The number of nitrogens with one attached hydrogen (secondary N) is 1. The van der Waals surface area contributed by atoms with E-state index in [1.165, 1.54) is 18.6 Å². The standard InChI is InChI=1S/C17H32N2O2S/c1-13-15(8-6-12-22-13)18-10-9-14-7-5-11-19(14)16(20)21-17(2,3)4/h13-15,18H,5-12H2,1-4H3. The maximum Gasteiger partial charge on any atom is 0.410 e. The van der Waals surface area contributed by atoms with Gasteiger partial charge in [-0.1, -0.05) is 6.92 Å². The third kappa shape index (κ3) is 5.34. The summed E-state index contributed by atoms with van der Waals surface area (Å²) in [4.78, 5) is 14.2. The first-order valence-corrected chi connectivity index (χ1v) is 9.76. The highest BCUT2D eigenvalue weighted by atomic mass is 32.2. The van der Waals surface area contributed by atoms with Crippen molar-refractivity contribution in [3.63, 3.8) is 0 Å². The molecule has 1 amide bonds. The minimum Gasteiger partial charge on any atom is -0.444 e. The van der Waals surface area contributed by atoms with Crippen molar-refractivity contribution in [3.05, 3.63) is 0 Å². The van der Waals surface area contributed by atoms with Gasteiger partial charge in [-0.3, -0.25) is 0 Å². The summed E-state index contributed by atoms with van der Waals surface area (Å²) in [5.74, 6) is 1.30. The molecule has 0 aliphatic carbocycles. The average Bonchev–Trinajstić information content (AvgIpc) is 2.87. The SMILES string of the molecule is CC1SCCCC1NCCC1CCCN1C(=O)OC(C)(C)C. The number of hydrogen-bond acceptors (Lipinski definition) is 4. The number of amides is 1. The molecular formula is C17H32N2O2S. The normalized spacial score (nSPS) is 29.6. The molecule has 0 radical (unpaired) electrons. The molecule has 2 rings (SSSR count). The number of ether oxygens (including phenoxy) is 1. The first kappa shape index (κ1) is 17.9. The minimum atomic E-state index is -0.406. The van der Waals surface area contributed by atoms with E-state index in [4.69, 9.17) is 4.74 Å². The van der Waals surface area contributed by atoms with Crippen molar-refractivity contribution in [3.8, 4) is 0 Å². The van der Waals surface area contributed by atoms with E-state index in [0.717, 1.165) is 32.4 Å². The summed E-state index contributed by atoms with van der Waals surface area (Å²) in [5.41, 5.74) is -0.406. The van der Waals surface area contributed by atoms with Crippen LogP contribution in [0, 0.1) is 0 Å². The molecule has 5 heteroatoms. The maximum atomic E-state index is 12.3. The van der Waals surface area contributed by atoms with E-state index in [0.29, 0.717) is 17.3 Å². The summed E-state index contributed by atoms with van der Waals surface area (Å²) in [6.07, 6.45) is 5.70. The third-order valence-electron chi connectivity index (χ3n) is 4.50. The Hall–Kier alpha value is -0.420. The molecule has 2 fully saturated rings. The lowest BCUT2D eigenvalue weighted by Crippen LogP contribution is -2.43. The number of nitrogens with zero attached hydrogens (tertiary/aromatic N) is 1. The van der Waals surface area contributed by atoms with Crippen molar-refractivity contribution in [2.24, 2.45) is 0 Å². The van der Waals surface area contributed by atoms with Gasteiger partial charge in [0.05, 0.1) is 0 Å². The van der Waals surface area contributed by atoms with E-state index in [2.05, 4.69) is 24.0 Å². The number of likely N-dealkylation sites (tertiary alicyclic amines) is 1. The predicted molar refractivity (Wildman–Crippen MR) is 93.5 cm³/mol. The molecule has 2 saturated heterocycles. The Labute approximate surface area is 139 Å². The van der Waals surface area contributed by atoms with Gasteiger partial charge in [-0.25, -0.2) is 4.79 Å². The van der Waals surface area contributed by atoms with Crippen LogP contribution in [-0.2, 0) is 4.74 Å². The Morgan fingerprint density at radius 3 is 2.77 bits per heavy atom. The largest absolute Gasteiger partial charge is 0.444 e. The highest BCUT2D eigenvalue weighted by Gasteiger charge is 2.32. The fourth-order valence-electron chi connectivity index (χ4n) is 3.32. The van der Waals surface area contributed by atoms with Crippen molar-refractivity contribution in [2.75, 3.05) is 18.8 Å². The molecule has 0 bridgehead atoms. The van der Waals surface area contributed by atoms with Crippen LogP contribution >= 0.6 is 11.8 Å². The van der Waals surface area contributed by atoms with Crippen LogP contribution in [0.3, 0.4) is 0 Å². The van der Waals surface area contributed by atoms with Crippen LogP contribution in [0.5, 0.6) is 0 Å². The molecule has 2 heterocycles. The maximum absolute atomic E-state index is 12.3. The van der Waals surface area contributed by atoms with Gasteiger partial charge >= 0.3 is 6.09 Å². The lowest BCUT2D eigenvalue weighted by atomic mass is 10.1. The van der Waals surface area contributed by atoms with Crippen molar-refractivity contribution in [1.29, 1.82) is 0 Å². The number of hydrogen-bond donors (Lipinski definition) is 1. The van der Waals surface area contributed by atoms with Crippen LogP contribution in [0.25, 0.3) is 0 Å². The van der Waals surface area contributed by atoms with Crippen molar-refractivity contribution < 1.29 is 9.53 Å². The molecule has 2 aliphatic rings. The average molecular weight is 329 g/mol. The highest BCUT2D eigenvalue weighted by molar-refractivity contribution is 7.99. The van der Waals surface area contributed by atoms with Gasteiger partial charge in [-0.15, -0.1) is 0 Å². The first-order valence-electron chi connectivity index (χ1n) is 8.71.